The van der Waals surface area contributed by atoms with Crippen LogP contribution in [0.2, 0.25) is 0 Å². The number of nitro benzene ring substituents is 1. The van der Waals surface area contributed by atoms with Crippen molar-refractivity contribution < 1.29 is 9.31 Å². The summed E-state index contributed by atoms with van der Waals surface area (Å²) in [6, 6.07) is 13.8. The minimum absolute atomic E-state index is 0.0436. The first kappa shape index (κ1) is 14.0. The molecule has 1 unspecified atom stereocenters. The average molecular weight is 274 g/mol. The van der Waals surface area contributed by atoms with E-state index in [1.807, 2.05) is 37.3 Å². The van der Waals surface area contributed by atoms with Gasteiger partial charge in [-0.15, -0.1) is 0 Å². The average Bonchev–Trinajstić information content (AvgIpc) is 2.39. The quantitative estimate of drug-likeness (QED) is 0.667. The highest BCUT2D eigenvalue weighted by Gasteiger charge is 2.20. The normalized spacial score (nSPS) is 11.9. The van der Waals surface area contributed by atoms with E-state index in [-0.39, 0.29) is 11.7 Å². The summed E-state index contributed by atoms with van der Waals surface area (Å²) < 4.78 is 13.5. The number of halogens is 1. The molecule has 0 amide bonds. The third kappa shape index (κ3) is 3.32. The summed E-state index contributed by atoms with van der Waals surface area (Å²) in [5.41, 5.74) is 0.817. The van der Waals surface area contributed by atoms with Gasteiger partial charge in [0, 0.05) is 6.04 Å². The molecule has 0 heterocycles. The van der Waals surface area contributed by atoms with Gasteiger partial charge in [0.1, 0.15) is 5.69 Å². The molecule has 0 radical (unpaired) electrons. The highest BCUT2D eigenvalue weighted by Crippen LogP contribution is 2.28. The number of anilines is 1. The molecular formula is C15H15FN2O2. The van der Waals surface area contributed by atoms with E-state index < -0.39 is 16.4 Å². The molecule has 4 nitrogen and oxygen atoms in total. The van der Waals surface area contributed by atoms with Crippen LogP contribution in [0.4, 0.5) is 15.8 Å². The number of benzene rings is 2. The third-order valence-corrected chi connectivity index (χ3v) is 2.96. The molecule has 0 aliphatic heterocycles. The summed E-state index contributed by atoms with van der Waals surface area (Å²) in [4.78, 5) is 10.2. The van der Waals surface area contributed by atoms with Crippen LogP contribution in [0, 0.1) is 15.9 Å². The summed E-state index contributed by atoms with van der Waals surface area (Å²) in [5.74, 6) is -0.827. The van der Waals surface area contributed by atoms with Gasteiger partial charge in [-0.05, 0) is 31.0 Å². The van der Waals surface area contributed by atoms with Crippen LogP contribution in [0.5, 0.6) is 0 Å². The third-order valence-electron chi connectivity index (χ3n) is 2.96. The number of rotatable bonds is 5. The molecule has 20 heavy (non-hydrogen) atoms. The molecular weight excluding hydrogens is 259 g/mol. The minimum atomic E-state index is -0.827. The van der Waals surface area contributed by atoms with Crippen molar-refractivity contribution in [1.82, 2.24) is 0 Å². The van der Waals surface area contributed by atoms with Crippen molar-refractivity contribution in [3.05, 3.63) is 70.0 Å². The molecule has 0 saturated heterocycles. The van der Waals surface area contributed by atoms with Crippen LogP contribution in [0.3, 0.4) is 0 Å². The summed E-state index contributed by atoms with van der Waals surface area (Å²) in [5, 5.41) is 13.9. The smallest absolute Gasteiger partial charge is 0.327 e. The fourth-order valence-corrected chi connectivity index (χ4v) is 2.10. The predicted molar refractivity (Wildman–Crippen MR) is 76.3 cm³/mol. The number of hydrogen-bond acceptors (Lipinski definition) is 3. The largest absolute Gasteiger partial charge is 0.377 e. The first-order valence-electron chi connectivity index (χ1n) is 6.31. The number of hydrogen-bond donors (Lipinski definition) is 1. The standard InChI is InChI=1S/C15H15FN2O2/c1-11(10-12-6-3-2-4-7-12)17-14-9-5-8-13(16)15(14)18(19)20/h2-9,11,17H,10H2,1H3. The first-order chi connectivity index (χ1) is 9.58. The van der Waals surface area contributed by atoms with Crippen molar-refractivity contribution in [2.24, 2.45) is 0 Å². The van der Waals surface area contributed by atoms with Gasteiger partial charge in [0.05, 0.1) is 4.92 Å². The minimum Gasteiger partial charge on any atom is -0.377 e. The van der Waals surface area contributed by atoms with Gasteiger partial charge in [0.2, 0.25) is 5.82 Å². The Balaban J connectivity index is 2.14. The van der Waals surface area contributed by atoms with Crippen LogP contribution in [0.15, 0.2) is 48.5 Å². The topological polar surface area (TPSA) is 55.2 Å². The lowest BCUT2D eigenvalue weighted by molar-refractivity contribution is -0.386. The van der Waals surface area contributed by atoms with Crippen molar-refractivity contribution in [2.75, 3.05) is 5.32 Å². The second-order valence-electron chi connectivity index (χ2n) is 4.63. The Hall–Kier alpha value is -2.43. The molecule has 0 bridgehead atoms. The Morgan fingerprint density at radius 1 is 1.20 bits per heavy atom. The number of nitrogens with one attached hydrogen (secondary N) is 1. The van der Waals surface area contributed by atoms with E-state index in [4.69, 9.17) is 0 Å². The monoisotopic (exact) mass is 274 g/mol. The predicted octanol–water partition coefficient (Wildman–Crippen LogP) is 3.78. The van der Waals surface area contributed by atoms with Gasteiger partial charge < -0.3 is 5.32 Å². The molecule has 104 valence electrons. The molecule has 2 aromatic rings. The zero-order valence-corrected chi connectivity index (χ0v) is 11.0. The highest BCUT2D eigenvalue weighted by atomic mass is 19.1. The van der Waals surface area contributed by atoms with Gasteiger partial charge in [0.25, 0.3) is 0 Å². The molecule has 5 heteroatoms. The summed E-state index contributed by atoms with van der Waals surface area (Å²) in [7, 11) is 0. The first-order valence-corrected chi connectivity index (χ1v) is 6.31. The Morgan fingerprint density at radius 3 is 2.55 bits per heavy atom. The van der Waals surface area contributed by atoms with Crippen molar-refractivity contribution >= 4 is 11.4 Å². The molecule has 0 fully saturated rings. The van der Waals surface area contributed by atoms with Gasteiger partial charge >= 0.3 is 5.69 Å². The van der Waals surface area contributed by atoms with Gasteiger partial charge in [-0.25, -0.2) is 0 Å². The summed E-state index contributed by atoms with van der Waals surface area (Å²) in [6.45, 7) is 1.90. The molecule has 2 aromatic carbocycles. The maximum Gasteiger partial charge on any atom is 0.327 e. The summed E-state index contributed by atoms with van der Waals surface area (Å²) >= 11 is 0. The van der Waals surface area contributed by atoms with Crippen molar-refractivity contribution in [3.63, 3.8) is 0 Å². The lowest BCUT2D eigenvalue weighted by Gasteiger charge is -2.15. The van der Waals surface area contributed by atoms with E-state index in [1.165, 1.54) is 12.1 Å². The van der Waals surface area contributed by atoms with Crippen LogP contribution in [-0.2, 0) is 6.42 Å². The van der Waals surface area contributed by atoms with E-state index in [9.17, 15) is 14.5 Å². The van der Waals surface area contributed by atoms with E-state index in [1.54, 1.807) is 0 Å². The molecule has 0 aromatic heterocycles. The SMILES string of the molecule is CC(Cc1ccccc1)Nc1cccc(F)c1[N+](=O)[O-]. The van der Waals surface area contributed by atoms with Gasteiger partial charge in [-0.3, -0.25) is 10.1 Å². The molecule has 1 atom stereocenters. The van der Waals surface area contributed by atoms with E-state index in [0.29, 0.717) is 6.42 Å². The maximum atomic E-state index is 13.5. The number of para-hydroxylation sites is 1. The van der Waals surface area contributed by atoms with E-state index >= 15 is 0 Å². The van der Waals surface area contributed by atoms with Crippen LogP contribution >= 0.6 is 0 Å². The number of nitrogens with zero attached hydrogens (tertiary/aromatic N) is 1. The van der Waals surface area contributed by atoms with E-state index in [2.05, 4.69) is 5.32 Å². The molecule has 0 aliphatic carbocycles. The van der Waals surface area contributed by atoms with Crippen LogP contribution in [-0.4, -0.2) is 11.0 Å². The summed E-state index contributed by atoms with van der Waals surface area (Å²) in [6.07, 6.45) is 0.703. The number of nitro groups is 1. The molecule has 1 N–H and O–H groups in total. The fraction of sp³-hybridized carbons (Fsp3) is 0.200. The van der Waals surface area contributed by atoms with Gasteiger partial charge in [-0.2, -0.15) is 4.39 Å². The van der Waals surface area contributed by atoms with Crippen LogP contribution < -0.4 is 5.32 Å². The van der Waals surface area contributed by atoms with Crippen molar-refractivity contribution in [3.8, 4) is 0 Å². The Bertz CT molecular complexity index is 602. The highest BCUT2D eigenvalue weighted by molar-refractivity contribution is 5.62. The van der Waals surface area contributed by atoms with E-state index in [0.717, 1.165) is 11.6 Å². The Kier molecular flexibility index (Phi) is 4.30. The lowest BCUT2D eigenvalue weighted by Crippen LogP contribution is -2.19. The molecule has 0 spiro atoms. The van der Waals surface area contributed by atoms with Crippen LogP contribution in [0.25, 0.3) is 0 Å². The fourth-order valence-electron chi connectivity index (χ4n) is 2.10. The molecule has 0 aliphatic rings. The molecule has 0 saturated carbocycles. The lowest BCUT2D eigenvalue weighted by atomic mass is 10.1. The second kappa shape index (κ2) is 6.14. The van der Waals surface area contributed by atoms with Crippen molar-refractivity contribution in [1.29, 1.82) is 0 Å². The van der Waals surface area contributed by atoms with Crippen molar-refractivity contribution in [2.45, 2.75) is 19.4 Å². The second-order valence-corrected chi connectivity index (χ2v) is 4.63. The zero-order chi connectivity index (χ0) is 14.5. The van der Waals surface area contributed by atoms with Gasteiger partial charge in [0.15, 0.2) is 0 Å². The van der Waals surface area contributed by atoms with Gasteiger partial charge in [-0.1, -0.05) is 36.4 Å². The Labute approximate surface area is 116 Å². The maximum absolute atomic E-state index is 13.5. The Morgan fingerprint density at radius 2 is 1.90 bits per heavy atom. The zero-order valence-electron chi connectivity index (χ0n) is 11.0. The van der Waals surface area contributed by atoms with Crippen LogP contribution in [0.1, 0.15) is 12.5 Å². The molecule has 2 rings (SSSR count).